The van der Waals surface area contributed by atoms with Gasteiger partial charge in [0.15, 0.2) is 0 Å². The Balaban J connectivity index is 1.14. The summed E-state index contributed by atoms with van der Waals surface area (Å²) >= 11 is 0. The molecule has 0 atom stereocenters. The molecule has 0 spiro atoms. The second kappa shape index (κ2) is 18.2. The molecule has 0 N–H and O–H groups in total. The smallest absolute Gasteiger partial charge is 0.150 e. The van der Waals surface area contributed by atoms with Gasteiger partial charge in [0.1, 0.15) is 6.29 Å². The Hall–Kier alpha value is -8.15. The number of benzene rings is 9. The van der Waals surface area contributed by atoms with Gasteiger partial charge in [-0.05, 0) is 195 Å². The van der Waals surface area contributed by atoms with E-state index in [4.69, 9.17) is 0 Å². The van der Waals surface area contributed by atoms with Gasteiger partial charge in [-0.1, -0.05) is 72.8 Å². The minimum absolute atomic E-state index is 0.641. The monoisotopic (exact) mass is 816 g/mol. The van der Waals surface area contributed by atoms with Gasteiger partial charge in [0, 0.05) is 73.8 Å². The van der Waals surface area contributed by atoms with Crippen molar-refractivity contribution < 1.29 is 4.79 Å². The molecule has 63 heavy (non-hydrogen) atoms. The molecule has 5 nitrogen and oxygen atoms in total. The molecule has 0 saturated heterocycles. The van der Waals surface area contributed by atoms with E-state index in [0.717, 1.165) is 80.1 Å². The number of carbonyl (C=O) groups is 1. The topological polar surface area (TPSA) is 30.0 Å². The maximum Gasteiger partial charge on any atom is 0.150 e. The third kappa shape index (κ3) is 8.86. The van der Waals surface area contributed by atoms with E-state index >= 15 is 0 Å². The third-order valence-electron chi connectivity index (χ3n) is 11.2. The lowest BCUT2D eigenvalue weighted by molar-refractivity contribution is 0.112. The average Bonchev–Trinajstić information content (AvgIpc) is 3.32. The first kappa shape index (κ1) is 40.3. The summed E-state index contributed by atoms with van der Waals surface area (Å²) in [5.74, 6) is 0. The van der Waals surface area contributed by atoms with Crippen molar-refractivity contribution in [2.45, 2.75) is 20.8 Å². The van der Waals surface area contributed by atoms with Gasteiger partial charge in [0.2, 0.25) is 0 Å². The Kier molecular flexibility index (Phi) is 11.6. The van der Waals surface area contributed by atoms with Gasteiger partial charge in [-0.3, -0.25) is 4.79 Å². The van der Waals surface area contributed by atoms with Crippen molar-refractivity contribution in [3.05, 3.63) is 253 Å². The predicted octanol–water partition coefficient (Wildman–Crippen LogP) is 16.3. The molecule has 0 bridgehead atoms. The first-order valence-electron chi connectivity index (χ1n) is 21.3. The minimum Gasteiger partial charge on any atom is -0.310 e. The van der Waals surface area contributed by atoms with Crippen molar-refractivity contribution in [1.29, 1.82) is 0 Å². The van der Waals surface area contributed by atoms with E-state index in [2.05, 4.69) is 247 Å². The van der Waals surface area contributed by atoms with Gasteiger partial charge in [-0.25, -0.2) is 0 Å². The average molecular weight is 817 g/mol. The number of anilines is 12. The largest absolute Gasteiger partial charge is 0.310 e. The highest BCUT2D eigenvalue weighted by atomic mass is 16.1. The van der Waals surface area contributed by atoms with Crippen molar-refractivity contribution in [3.8, 4) is 0 Å². The zero-order chi connectivity index (χ0) is 43.1. The van der Waals surface area contributed by atoms with Crippen LogP contribution in [-0.4, -0.2) is 6.29 Å². The quantitative estimate of drug-likeness (QED) is 0.108. The molecule has 5 heteroatoms. The number of hydrogen-bond acceptors (Lipinski definition) is 5. The van der Waals surface area contributed by atoms with Crippen LogP contribution in [0, 0.1) is 20.8 Å². The number of hydrogen-bond donors (Lipinski definition) is 0. The van der Waals surface area contributed by atoms with E-state index in [0.29, 0.717) is 5.56 Å². The minimum atomic E-state index is 0.641. The van der Waals surface area contributed by atoms with E-state index in [-0.39, 0.29) is 0 Å². The molecule has 306 valence electrons. The van der Waals surface area contributed by atoms with Crippen molar-refractivity contribution in [2.75, 3.05) is 19.6 Å². The molecule has 0 aromatic heterocycles. The standard InChI is InChI=1S/C58H48N4O/c1-43-13-10-20-56(39-43)60(47-16-6-4-7-17-47)53-33-27-50(28-34-53)59(51-29-35-54(36-30-51)61(48-18-8-5-9-19-48)57-21-11-14-44(2)40-57)52-31-37-55(38-32-52)62(58-22-12-15-45(3)41-58)49-25-23-46(42-63)24-26-49/h4-42H,1-3H3. The SMILES string of the molecule is Cc1cccc(N(c2ccccc2)c2ccc(N(c3ccc(N(c4ccccc4)c4cccc(C)c4)cc3)c3ccc(N(c4ccc(C=O)cc4)c4cccc(C)c4)cc3)cc2)c1. The van der Waals surface area contributed by atoms with Crippen LogP contribution in [0.1, 0.15) is 27.0 Å². The van der Waals surface area contributed by atoms with Crippen LogP contribution in [0.25, 0.3) is 0 Å². The second-order valence-electron chi connectivity index (χ2n) is 15.8. The van der Waals surface area contributed by atoms with Crippen molar-refractivity contribution in [2.24, 2.45) is 0 Å². The van der Waals surface area contributed by atoms with Gasteiger partial charge < -0.3 is 19.6 Å². The molecule has 0 aliphatic rings. The van der Waals surface area contributed by atoms with Crippen LogP contribution in [0.4, 0.5) is 68.2 Å². The molecule has 0 aliphatic heterocycles. The molecule has 0 unspecified atom stereocenters. The highest BCUT2D eigenvalue weighted by molar-refractivity contribution is 5.86. The predicted molar refractivity (Wildman–Crippen MR) is 265 cm³/mol. The Morgan fingerprint density at radius 3 is 0.730 bits per heavy atom. The highest BCUT2D eigenvalue weighted by Gasteiger charge is 2.20. The highest BCUT2D eigenvalue weighted by Crippen LogP contribution is 2.43. The summed E-state index contributed by atoms with van der Waals surface area (Å²) in [6.45, 7) is 6.37. The van der Waals surface area contributed by atoms with Gasteiger partial charge >= 0.3 is 0 Å². The maximum absolute atomic E-state index is 11.6. The molecule has 9 aromatic carbocycles. The van der Waals surface area contributed by atoms with Crippen molar-refractivity contribution >= 4 is 74.5 Å². The Morgan fingerprint density at radius 1 is 0.254 bits per heavy atom. The fourth-order valence-electron chi connectivity index (χ4n) is 8.20. The molecule has 9 rings (SSSR count). The number of para-hydroxylation sites is 2. The zero-order valence-corrected chi connectivity index (χ0v) is 35.7. The summed E-state index contributed by atoms with van der Waals surface area (Å²) in [4.78, 5) is 20.7. The van der Waals surface area contributed by atoms with Crippen LogP contribution in [-0.2, 0) is 0 Å². The van der Waals surface area contributed by atoms with E-state index in [1.807, 2.05) is 24.3 Å². The Labute approximate surface area is 371 Å². The molecule has 9 aromatic rings. The van der Waals surface area contributed by atoms with Crippen LogP contribution in [0.3, 0.4) is 0 Å². The zero-order valence-electron chi connectivity index (χ0n) is 35.7. The van der Waals surface area contributed by atoms with Gasteiger partial charge in [0.05, 0.1) is 0 Å². The van der Waals surface area contributed by atoms with Crippen LogP contribution in [0.2, 0.25) is 0 Å². The van der Waals surface area contributed by atoms with Gasteiger partial charge in [-0.15, -0.1) is 0 Å². The van der Waals surface area contributed by atoms with E-state index in [1.54, 1.807) is 0 Å². The lowest BCUT2D eigenvalue weighted by Gasteiger charge is -2.30. The van der Waals surface area contributed by atoms with Gasteiger partial charge in [0.25, 0.3) is 0 Å². The van der Waals surface area contributed by atoms with Crippen molar-refractivity contribution in [3.63, 3.8) is 0 Å². The first-order chi connectivity index (χ1) is 30.9. The third-order valence-corrected chi connectivity index (χ3v) is 11.2. The first-order valence-corrected chi connectivity index (χ1v) is 21.3. The molecule has 0 heterocycles. The number of nitrogens with zero attached hydrogens (tertiary/aromatic N) is 4. The summed E-state index contributed by atoms with van der Waals surface area (Å²) in [7, 11) is 0. The maximum atomic E-state index is 11.6. The van der Waals surface area contributed by atoms with Crippen molar-refractivity contribution in [1.82, 2.24) is 0 Å². The molecule has 0 radical (unpaired) electrons. The number of rotatable bonds is 13. The summed E-state index contributed by atoms with van der Waals surface area (Å²) in [5.41, 5.74) is 16.8. The van der Waals surface area contributed by atoms with E-state index < -0.39 is 0 Å². The van der Waals surface area contributed by atoms with E-state index in [1.165, 1.54) is 11.1 Å². The fraction of sp³-hybridized carbons (Fsp3) is 0.0517. The number of aldehydes is 1. The van der Waals surface area contributed by atoms with Crippen LogP contribution in [0.5, 0.6) is 0 Å². The fourth-order valence-corrected chi connectivity index (χ4v) is 8.20. The molecular weight excluding hydrogens is 769 g/mol. The van der Waals surface area contributed by atoms with Crippen LogP contribution >= 0.6 is 0 Å². The van der Waals surface area contributed by atoms with Crippen LogP contribution < -0.4 is 19.6 Å². The summed E-state index contributed by atoms with van der Waals surface area (Å²) in [5, 5.41) is 0. The lowest BCUT2D eigenvalue weighted by Crippen LogP contribution is -2.14. The molecule has 0 saturated carbocycles. The summed E-state index contributed by atoms with van der Waals surface area (Å²) in [6.07, 6.45) is 0.882. The second-order valence-corrected chi connectivity index (χ2v) is 15.8. The molecule has 0 amide bonds. The van der Waals surface area contributed by atoms with E-state index in [9.17, 15) is 4.79 Å². The normalized spacial score (nSPS) is 10.8. The number of aryl methyl sites for hydroxylation is 3. The van der Waals surface area contributed by atoms with Crippen LogP contribution in [0.15, 0.2) is 231 Å². The molecular formula is C58H48N4O. The Morgan fingerprint density at radius 2 is 0.476 bits per heavy atom. The van der Waals surface area contributed by atoms with Gasteiger partial charge in [-0.2, -0.15) is 0 Å². The molecule has 0 fully saturated rings. The Bertz CT molecular complexity index is 2800. The number of carbonyl (C=O) groups excluding carboxylic acids is 1. The summed E-state index contributed by atoms with van der Waals surface area (Å²) in [6, 6.07) is 80.9. The lowest BCUT2D eigenvalue weighted by atomic mass is 10.1. The molecule has 0 aliphatic carbocycles. The summed E-state index contributed by atoms with van der Waals surface area (Å²) < 4.78 is 0.